The van der Waals surface area contributed by atoms with Crippen LogP contribution in [0.1, 0.15) is 35.7 Å². The molecule has 34 heavy (non-hydrogen) atoms. The molecule has 1 atom stereocenters. The third-order valence-corrected chi connectivity index (χ3v) is 6.39. The van der Waals surface area contributed by atoms with E-state index in [1.165, 1.54) is 0 Å². The summed E-state index contributed by atoms with van der Waals surface area (Å²) < 4.78 is 6.10. The molecule has 0 saturated heterocycles. The number of hydrogen-bond acceptors (Lipinski definition) is 4. The normalized spacial score (nSPS) is 13.8. The highest BCUT2D eigenvalue weighted by molar-refractivity contribution is 6.01. The molecular formula is C29H29N3O2. The Bertz CT molecular complexity index is 1310. The number of benzene rings is 3. The maximum Gasteiger partial charge on any atom is 0.163 e. The summed E-state index contributed by atoms with van der Waals surface area (Å²) in [6, 6.07) is 24.4. The van der Waals surface area contributed by atoms with Crippen molar-refractivity contribution in [3.8, 4) is 39.7 Å². The molecule has 1 N–H and O–H groups in total. The highest BCUT2D eigenvalue weighted by atomic mass is 16.5. The summed E-state index contributed by atoms with van der Waals surface area (Å²) in [5, 5.41) is 0. The lowest BCUT2D eigenvalue weighted by molar-refractivity contribution is 0.0612. The minimum absolute atomic E-state index is 0.0393. The summed E-state index contributed by atoms with van der Waals surface area (Å²) in [6.07, 6.45) is 2.34. The molecule has 1 unspecified atom stereocenters. The van der Waals surface area contributed by atoms with Gasteiger partial charge in [-0.15, -0.1) is 0 Å². The number of hydrogen-bond donors (Lipinski definition) is 1. The zero-order valence-electron chi connectivity index (χ0n) is 19.8. The number of ketones is 1. The summed E-state index contributed by atoms with van der Waals surface area (Å²) in [7, 11) is 4.04. The molecule has 0 aliphatic heterocycles. The second-order valence-electron chi connectivity index (χ2n) is 8.94. The third-order valence-electron chi connectivity index (χ3n) is 6.39. The highest BCUT2D eigenvalue weighted by Gasteiger charge is 2.22. The van der Waals surface area contributed by atoms with Gasteiger partial charge >= 0.3 is 0 Å². The predicted octanol–water partition coefficient (Wildman–Crippen LogP) is 6.22. The molecule has 0 saturated carbocycles. The lowest BCUT2D eigenvalue weighted by Gasteiger charge is -2.24. The molecule has 5 nitrogen and oxygen atoms in total. The van der Waals surface area contributed by atoms with Crippen molar-refractivity contribution >= 4 is 5.78 Å². The number of ether oxygens (including phenoxy) is 1. The summed E-state index contributed by atoms with van der Waals surface area (Å²) in [4.78, 5) is 22.7. The third kappa shape index (κ3) is 4.27. The van der Waals surface area contributed by atoms with Crippen LogP contribution in [0.3, 0.4) is 0 Å². The number of nitrogens with one attached hydrogen (secondary N) is 1. The zero-order valence-corrected chi connectivity index (χ0v) is 19.8. The lowest BCUT2D eigenvalue weighted by atomic mass is 10.0. The number of carbonyl (C=O) groups is 1. The van der Waals surface area contributed by atoms with E-state index in [9.17, 15) is 4.79 Å². The first-order chi connectivity index (χ1) is 16.5. The second kappa shape index (κ2) is 9.27. The Balaban J connectivity index is 1.52. The van der Waals surface area contributed by atoms with Crippen molar-refractivity contribution in [2.24, 2.45) is 0 Å². The van der Waals surface area contributed by atoms with Crippen LogP contribution in [0.2, 0.25) is 0 Å². The van der Waals surface area contributed by atoms with E-state index in [2.05, 4.69) is 35.0 Å². The molecule has 0 radical (unpaired) electrons. The molecule has 0 spiro atoms. The van der Waals surface area contributed by atoms with Crippen molar-refractivity contribution in [1.82, 2.24) is 14.9 Å². The van der Waals surface area contributed by atoms with Crippen molar-refractivity contribution in [1.29, 1.82) is 0 Å². The van der Waals surface area contributed by atoms with E-state index in [0.29, 0.717) is 6.42 Å². The number of imidazole rings is 1. The molecule has 0 bridgehead atoms. The van der Waals surface area contributed by atoms with Gasteiger partial charge in [0.2, 0.25) is 0 Å². The summed E-state index contributed by atoms with van der Waals surface area (Å²) in [5.74, 6) is 1.87. The average molecular weight is 452 g/mol. The number of aryl methyl sites for hydroxylation is 1. The van der Waals surface area contributed by atoms with Gasteiger partial charge in [0, 0.05) is 28.7 Å². The molecule has 5 rings (SSSR count). The summed E-state index contributed by atoms with van der Waals surface area (Å²) >= 11 is 0. The minimum atomic E-state index is 0.0393. The fourth-order valence-corrected chi connectivity index (χ4v) is 4.54. The van der Waals surface area contributed by atoms with Gasteiger partial charge in [0.15, 0.2) is 12.0 Å². The van der Waals surface area contributed by atoms with Gasteiger partial charge in [-0.1, -0.05) is 49.4 Å². The van der Waals surface area contributed by atoms with Gasteiger partial charge < -0.3 is 9.72 Å². The topological polar surface area (TPSA) is 58.2 Å². The minimum Gasteiger partial charge on any atom is -0.475 e. The van der Waals surface area contributed by atoms with Gasteiger partial charge in [-0.05, 0) is 62.8 Å². The molecule has 172 valence electrons. The van der Waals surface area contributed by atoms with E-state index < -0.39 is 0 Å². The smallest absolute Gasteiger partial charge is 0.163 e. The van der Waals surface area contributed by atoms with E-state index in [-0.39, 0.29) is 12.0 Å². The van der Waals surface area contributed by atoms with Gasteiger partial charge in [0.25, 0.3) is 0 Å². The average Bonchev–Trinajstić information content (AvgIpc) is 3.47. The van der Waals surface area contributed by atoms with Crippen molar-refractivity contribution in [2.75, 3.05) is 14.1 Å². The van der Waals surface area contributed by atoms with Crippen LogP contribution in [-0.4, -0.2) is 41.0 Å². The summed E-state index contributed by atoms with van der Waals surface area (Å²) in [6.45, 7) is 2.11. The molecule has 5 heteroatoms. The lowest BCUT2D eigenvalue weighted by Crippen LogP contribution is -2.32. The van der Waals surface area contributed by atoms with Crippen molar-refractivity contribution in [3.63, 3.8) is 0 Å². The number of rotatable bonds is 7. The first kappa shape index (κ1) is 22.1. The molecule has 3 aromatic carbocycles. The molecule has 0 amide bonds. The Kier molecular flexibility index (Phi) is 6.03. The largest absolute Gasteiger partial charge is 0.475 e. The zero-order chi connectivity index (χ0) is 23.7. The summed E-state index contributed by atoms with van der Waals surface area (Å²) in [5.41, 5.74) is 6.90. The fraction of sp³-hybridized carbons (Fsp3) is 0.241. The van der Waals surface area contributed by atoms with Crippen LogP contribution in [0.5, 0.6) is 5.75 Å². The maximum absolute atomic E-state index is 12.1. The van der Waals surface area contributed by atoms with Crippen LogP contribution in [0.15, 0.2) is 72.8 Å². The Labute approximate surface area is 200 Å². The van der Waals surface area contributed by atoms with Crippen LogP contribution in [0, 0.1) is 0 Å². The Morgan fingerprint density at radius 1 is 0.941 bits per heavy atom. The van der Waals surface area contributed by atoms with Crippen molar-refractivity contribution in [3.05, 3.63) is 83.9 Å². The van der Waals surface area contributed by atoms with E-state index in [1.54, 1.807) is 0 Å². The van der Waals surface area contributed by atoms with Crippen molar-refractivity contribution < 1.29 is 9.53 Å². The molecular weight excluding hydrogens is 422 g/mol. The maximum atomic E-state index is 12.1. The molecule has 4 aromatic rings. The van der Waals surface area contributed by atoms with Gasteiger partial charge in [-0.3, -0.25) is 9.69 Å². The van der Waals surface area contributed by atoms with Crippen molar-refractivity contribution in [2.45, 2.75) is 32.4 Å². The molecule has 1 aliphatic carbocycles. The number of aromatic amines is 1. The van der Waals surface area contributed by atoms with E-state index in [0.717, 1.165) is 63.6 Å². The van der Waals surface area contributed by atoms with Crippen LogP contribution in [0.4, 0.5) is 0 Å². The van der Waals surface area contributed by atoms with Crippen LogP contribution in [-0.2, 0) is 6.42 Å². The predicted molar refractivity (Wildman–Crippen MR) is 136 cm³/mol. The van der Waals surface area contributed by atoms with Gasteiger partial charge in [0.05, 0.1) is 11.4 Å². The quantitative estimate of drug-likeness (QED) is 0.339. The number of carbonyl (C=O) groups excluding carboxylic acids is 1. The number of H-pyrrole nitrogens is 1. The van der Waals surface area contributed by atoms with Crippen LogP contribution < -0.4 is 4.74 Å². The van der Waals surface area contributed by atoms with Gasteiger partial charge in [0.1, 0.15) is 11.6 Å². The fourth-order valence-electron chi connectivity index (χ4n) is 4.54. The van der Waals surface area contributed by atoms with Crippen LogP contribution in [0.25, 0.3) is 33.9 Å². The Morgan fingerprint density at radius 2 is 1.68 bits per heavy atom. The number of aromatic nitrogens is 2. The molecule has 1 aromatic heterocycles. The van der Waals surface area contributed by atoms with Crippen LogP contribution >= 0.6 is 0 Å². The van der Waals surface area contributed by atoms with E-state index >= 15 is 0 Å². The Morgan fingerprint density at radius 3 is 2.38 bits per heavy atom. The van der Waals surface area contributed by atoms with Gasteiger partial charge in [-0.2, -0.15) is 0 Å². The molecule has 0 fully saturated rings. The molecule has 1 aliphatic rings. The standard InChI is InChI=1S/C29H29N3O2/c1-4-26(32(2)3)34-23-14-10-20(11-15-23)29-30-27(19-8-6-5-7-9-19)28(31-29)22-12-16-24-21(18-22)13-17-25(24)33/h5-12,14-16,18,26H,4,13,17H2,1-3H3,(H,30,31). The second-order valence-corrected chi connectivity index (χ2v) is 8.94. The van der Waals surface area contributed by atoms with E-state index in [4.69, 9.17) is 9.72 Å². The number of nitrogens with zero attached hydrogens (tertiary/aromatic N) is 2. The monoisotopic (exact) mass is 451 g/mol. The highest BCUT2D eigenvalue weighted by Crippen LogP contribution is 2.35. The van der Waals surface area contributed by atoms with E-state index in [1.807, 2.05) is 68.7 Å². The van der Waals surface area contributed by atoms with Gasteiger partial charge in [-0.25, -0.2) is 4.98 Å². The SMILES string of the molecule is CCC(Oc1ccc(-c2nc(-c3ccc4c(c3)CCC4=O)c(-c3ccccc3)[nH]2)cc1)N(C)C. The molecule has 1 heterocycles. The number of fused-ring (bicyclic) bond motifs is 1. The Hall–Kier alpha value is -3.70. The number of Topliss-reactive ketones (excluding diaryl/α,β-unsaturated/α-hetero) is 1. The first-order valence-electron chi connectivity index (χ1n) is 11.8. The first-order valence-corrected chi connectivity index (χ1v) is 11.8.